The van der Waals surface area contributed by atoms with Crippen molar-refractivity contribution in [1.82, 2.24) is 0 Å². The number of ether oxygens (including phenoxy) is 3. The second kappa shape index (κ2) is 5.83. The molecular weight excluding hydrogens is 270 g/mol. The summed E-state index contributed by atoms with van der Waals surface area (Å²) in [7, 11) is 1.52. The fraction of sp³-hybridized carbons (Fsp3) is 0.250. The Hall–Kier alpha value is -2.56. The van der Waals surface area contributed by atoms with Crippen LogP contribution in [0.25, 0.3) is 0 Å². The minimum Gasteiger partial charge on any atom is -0.504 e. The van der Waals surface area contributed by atoms with E-state index in [-0.39, 0.29) is 5.75 Å². The first-order chi connectivity index (χ1) is 10.3. The van der Waals surface area contributed by atoms with Gasteiger partial charge in [0, 0.05) is 23.9 Å². The van der Waals surface area contributed by atoms with Gasteiger partial charge in [-0.1, -0.05) is 12.1 Å². The average Bonchev–Trinajstić information content (AvgIpc) is 2.53. The van der Waals surface area contributed by atoms with Crippen LogP contribution in [0.3, 0.4) is 0 Å². The van der Waals surface area contributed by atoms with Crippen LogP contribution in [0.5, 0.6) is 23.0 Å². The van der Waals surface area contributed by atoms with Gasteiger partial charge in [0.25, 0.3) is 0 Å². The summed E-state index contributed by atoms with van der Waals surface area (Å²) in [6, 6.07) is 11.0. The SMILES string of the molecule is COc1ccc(NCc2cccc3c2OCCO3)cc1O. The maximum atomic E-state index is 9.77. The lowest BCUT2D eigenvalue weighted by Crippen LogP contribution is -2.17. The zero-order valence-electron chi connectivity index (χ0n) is 11.8. The molecule has 5 nitrogen and oxygen atoms in total. The van der Waals surface area contributed by atoms with Gasteiger partial charge >= 0.3 is 0 Å². The molecule has 0 radical (unpaired) electrons. The zero-order valence-corrected chi connectivity index (χ0v) is 11.8. The number of para-hydroxylation sites is 1. The van der Waals surface area contributed by atoms with Crippen LogP contribution >= 0.6 is 0 Å². The second-order valence-electron chi connectivity index (χ2n) is 4.68. The third-order valence-corrected chi connectivity index (χ3v) is 3.31. The first kappa shape index (κ1) is 13.4. The Morgan fingerprint density at radius 3 is 2.86 bits per heavy atom. The molecule has 0 amide bonds. The van der Waals surface area contributed by atoms with Gasteiger partial charge in [0.15, 0.2) is 23.0 Å². The van der Waals surface area contributed by atoms with E-state index >= 15 is 0 Å². The number of phenols is 1. The molecule has 0 saturated carbocycles. The van der Waals surface area contributed by atoms with Crippen LogP contribution in [0.4, 0.5) is 5.69 Å². The summed E-state index contributed by atoms with van der Waals surface area (Å²) in [6.45, 7) is 1.72. The molecule has 0 fully saturated rings. The van der Waals surface area contributed by atoms with Crippen molar-refractivity contribution in [1.29, 1.82) is 0 Å². The molecule has 2 aromatic carbocycles. The molecule has 5 heteroatoms. The maximum absolute atomic E-state index is 9.77. The number of benzene rings is 2. The minimum atomic E-state index is 0.108. The van der Waals surface area contributed by atoms with Crippen molar-refractivity contribution >= 4 is 5.69 Å². The fourth-order valence-corrected chi connectivity index (χ4v) is 2.27. The van der Waals surface area contributed by atoms with Gasteiger partial charge in [-0.15, -0.1) is 0 Å². The first-order valence-electron chi connectivity index (χ1n) is 6.76. The third kappa shape index (κ3) is 2.81. The smallest absolute Gasteiger partial charge is 0.166 e. The highest BCUT2D eigenvalue weighted by Gasteiger charge is 2.15. The topological polar surface area (TPSA) is 60.0 Å². The van der Waals surface area contributed by atoms with E-state index in [2.05, 4.69) is 5.32 Å². The van der Waals surface area contributed by atoms with E-state index in [9.17, 15) is 5.11 Å². The summed E-state index contributed by atoms with van der Waals surface area (Å²) >= 11 is 0. The largest absolute Gasteiger partial charge is 0.504 e. The Labute approximate surface area is 123 Å². The molecule has 0 unspecified atom stereocenters. The van der Waals surface area contributed by atoms with E-state index in [1.165, 1.54) is 7.11 Å². The van der Waals surface area contributed by atoms with Crippen LogP contribution in [0, 0.1) is 0 Å². The molecule has 2 aromatic rings. The Morgan fingerprint density at radius 2 is 2.05 bits per heavy atom. The van der Waals surface area contributed by atoms with Crippen molar-refractivity contribution in [3.8, 4) is 23.0 Å². The van der Waals surface area contributed by atoms with Crippen molar-refractivity contribution in [3.63, 3.8) is 0 Å². The number of nitrogens with one attached hydrogen (secondary N) is 1. The number of rotatable bonds is 4. The molecule has 2 N–H and O–H groups in total. The van der Waals surface area contributed by atoms with E-state index in [0.29, 0.717) is 25.5 Å². The molecule has 1 aliphatic rings. The monoisotopic (exact) mass is 287 g/mol. The Bertz CT molecular complexity index is 642. The van der Waals surface area contributed by atoms with Crippen molar-refractivity contribution in [2.24, 2.45) is 0 Å². The number of fused-ring (bicyclic) bond motifs is 1. The summed E-state index contributed by atoms with van der Waals surface area (Å²) in [5, 5.41) is 13.0. The Kier molecular flexibility index (Phi) is 3.73. The van der Waals surface area contributed by atoms with E-state index in [0.717, 1.165) is 22.7 Å². The summed E-state index contributed by atoms with van der Waals surface area (Å²) in [5.74, 6) is 2.12. The number of anilines is 1. The maximum Gasteiger partial charge on any atom is 0.166 e. The van der Waals surface area contributed by atoms with Crippen LogP contribution in [-0.2, 0) is 6.54 Å². The molecule has 0 aliphatic carbocycles. The number of phenolic OH excluding ortho intramolecular Hbond substituents is 1. The van der Waals surface area contributed by atoms with Crippen LogP contribution in [0.1, 0.15) is 5.56 Å². The van der Waals surface area contributed by atoms with Crippen LogP contribution in [0.15, 0.2) is 36.4 Å². The molecule has 0 atom stereocenters. The van der Waals surface area contributed by atoms with Crippen LogP contribution in [-0.4, -0.2) is 25.4 Å². The van der Waals surface area contributed by atoms with Crippen molar-refractivity contribution in [3.05, 3.63) is 42.0 Å². The average molecular weight is 287 g/mol. The van der Waals surface area contributed by atoms with E-state index in [4.69, 9.17) is 14.2 Å². The van der Waals surface area contributed by atoms with Gasteiger partial charge < -0.3 is 24.6 Å². The number of hydrogen-bond donors (Lipinski definition) is 2. The zero-order chi connectivity index (χ0) is 14.7. The molecule has 0 saturated heterocycles. The molecule has 1 heterocycles. The van der Waals surface area contributed by atoms with Gasteiger partial charge in [0.05, 0.1) is 7.11 Å². The summed E-state index contributed by atoms with van der Waals surface area (Å²) < 4.78 is 16.2. The van der Waals surface area contributed by atoms with Crippen molar-refractivity contribution < 1.29 is 19.3 Å². The second-order valence-corrected chi connectivity index (χ2v) is 4.68. The number of hydrogen-bond acceptors (Lipinski definition) is 5. The Balaban J connectivity index is 1.75. The highest BCUT2D eigenvalue weighted by molar-refractivity contribution is 5.55. The molecule has 3 rings (SSSR count). The highest BCUT2D eigenvalue weighted by Crippen LogP contribution is 2.34. The molecule has 110 valence electrons. The van der Waals surface area contributed by atoms with Gasteiger partial charge in [-0.3, -0.25) is 0 Å². The normalized spacial score (nSPS) is 12.8. The lowest BCUT2D eigenvalue weighted by atomic mass is 10.1. The molecule has 0 spiro atoms. The summed E-state index contributed by atoms with van der Waals surface area (Å²) in [5.41, 5.74) is 1.82. The van der Waals surface area contributed by atoms with Crippen molar-refractivity contribution in [2.45, 2.75) is 6.54 Å². The standard InChI is InChI=1S/C16H17NO4/c1-19-14-6-5-12(9-13(14)18)17-10-11-3-2-4-15-16(11)21-8-7-20-15/h2-6,9,17-18H,7-8,10H2,1H3. The molecule has 21 heavy (non-hydrogen) atoms. The van der Waals surface area contributed by atoms with Gasteiger partial charge in [-0.05, 0) is 18.2 Å². The van der Waals surface area contributed by atoms with E-state index in [1.807, 2.05) is 24.3 Å². The highest BCUT2D eigenvalue weighted by atomic mass is 16.6. The number of methoxy groups -OCH3 is 1. The lowest BCUT2D eigenvalue weighted by Gasteiger charge is -2.21. The lowest BCUT2D eigenvalue weighted by molar-refractivity contribution is 0.170. The fourth-order valence-electron chi connectivity index (χ4n) is 2.27. The molecule has 0 bridgehead atoms. The van der Waals surface area contributed by atoms with E-state index in [1.54, 1.807) is 12.1 Å². The molecule has 1 aliphatic heterocycles. The minimum absolute atomic E-state index is 0.108. The van der Waals surface area contributed by atoms with Gasteiger partial charge in [-0.2, -0.15) is 0 Å². The third-order valence-electron chi connectivity index (χ3n) is 3.31. The van der Waals surface area contributed by atoms with Crippen LogP contribution in [0.2, 0.25) is 0 Å². The first-order valence-corrected chi connectivity index (χ1v) is 6.76. The van der Waals surface area contributed by atoms with Crippen molar-refractivity contribution in [2.75, 3.05) is 25.6 Å². The quantitative estimate of drug-likeness (QED) is 0.905. The molecular formula is C16H17NO4. The van der Waals surface area contributed by atoms with Crippen LogP contribution < -0.4 is 19.5 Å². The predicted octanol–water partition coefficient (Wildman–Crippen LogP) is 2.78. The summed E-state index contributed by atoms with van der Waals surface area (Å²) in [4.78, 5) is 0. The Morgan fingerprint density at radius 1 is 1.19 bits per heavy atom. The summed E-state index contributed by atoms with van der Waals surface area (Å²) in [6.07, 6.45) is 0. The van der Waals surface area contributed by atoms with Gasteiger partial charge in [-0.25, -0.2) is 0 Å². The predicted molar refractivity (Wildman–Crippen MR) is 79.4 cm³/mol. The number of aromatic hydroxyl groups is 1. The van der Waals surface area contributed by atoms with Gasteiger partial charge in [0.2, 0.25) is 0 Å². The molecule has 0 aromatic heterocycles. The van der Waals surface area contributed by atoms with Gasteiger partial charge in [0.1, 0.15) is 13.2 Å². The van der Waals surface area contributed by atoms with E-state index < -0.39 is 0 Å².